The smallest absolute Gasteiger partial charge is 0.158 e. The molecule has 0 unspecified atom stereocenters. The van der Waals surface area contributed by atoms with Gasteiger partial charge < -0.3 is 15.5 Å². The summed E-state index contributed by atoms with van der Waals surface area (Å²) in [5.41, 5.74) is 0.355. The second-order valence-corrected chi connectivity index (χ2v) is 6.09. The summed E-state index contributed by atoms with van der Waals surface area (Å²) < 4.78 is 0. The van der Waals surface area contributed by atoms with Crippen molar-refractivity contribution in [2.45, 2.75) is 25.3 Å². The second-order valence-electron chi connectivity index (χ2n) is 6.09. The molecule has 0 spiro atoms. The standard InChI is InChI=1S/C16H20N8/c1-16(3-5-18-6-4-16)24(2)15-7-13(21-11-22-15)23-14-10-19-12(8-17)9-20-14/h7,9-11,18H,3-6H2,1-2H3,(H,20,21,22,23). The monoisotopic (exact) mass is 324 g/mol. The number of piperidine rings is 1. The van der Waals surface area contributed by atoms with Crippen LogP contribution in [0.2, 0.25) is 0 Å². The first kappa shape index (κ1) is 16.1. The number of anilines is 3. The van der Waals surface area contributed by atoms with Crippen molar-refractivity contribution in [3.63, 3.8) is 0 Å². The lowest BCUT2D eigenvalue weighted by molar-refractivity contribution is 0.322. The van der Waals surface area contributed by atoms with Gasteiger partial charge in [-0.2, -0.15) is 5.26 Å². The Labute approximate surface area is 141 Å². The molecule has 0 atom stereocenters. The number of nitrogens with zero attached hydrogens (tertiary/aromatic N) is 6. The van der Waals surface area contributed by atoms with Gasteiger partial charge in [0.15, 0.2) is 5.69 Å². The van der Waals surface area contributed by atoms with Gasteiger partial charge in [0.05, 0.1) is 12.4 Å². The molecule has 1 aliphatic rings. The Morgan fingerprint density at radius 3 is 2.62 bits per heavy atom. The van der Waals surface area contributed by atoms with Gasteiger partial charge in [0.2, 0.25) is 0 Å². The molecule has 0 bridgehead atoms. The lowest BCUT2D eigenvalue weighted by atomic mass is 9.89. The normalized spacial score (nSPS) is 16.2. The van der Waals surface area contributed by atoms with Crippen LogP contribution < -0.4 is 15.5 Å². The topological polar surface area (TPSA) is 103 Å². The van der Waals surface area contributed by atoms with Crippen LogP contribution in [0.5, 0.6) is 0 Å². The number of rotatable bonds is 4. The molecule has 0 radical (unpaired) electrons. The summed E-state index contributed by atoms with van der Waals surface area (Å²) in [6.45, 7) is 4.28. The van der Waals surface area contributed by atoms with Crippen molar-refractivity contribution in [3.05, 3.63) is 30.5 Å². The van der Waals surface area contributed by atoms with Gasteiger partial charge in [0.25, 0.3) is 0 Å². The Hall–Kier alpha value is -2.79. The van der Waals surface area contributed by atoms with Crippen molar-refractivity contribution >= 4 is 17.5 Å². The van der Waals surface area contributed by atoms with E-state index in [1.54, 1.807) is 0 Å². The minimum absolute atomic E-state index is 0.0745. The van der Waals surface area contributed by atoms with Crippen LogP contribution in [-0.4, -0.2) is 45.6 Å². The van der Waals surface area contributed by atoms with Crippen LogP contribution >= 0.6 is 0 Å². The van der Waals surface area contributed by atoms with Crippen molar-refractivity contribution in [3.8, 4) is 6.07 Å². The Morgan fingerprint density at radius 1 is 1.17 bits per heavy atom. The molecule has 24 heavy (non-hydrogen) atoms. The van der Waals surface area contributed by atoms with Gasteiger partial charge in [-0.1, -0.05) is 0 Å². The molecule has 8 nitrogen and oxygen atoms in total. The lowest BCUT2D eigenvalue weighted by Crippen LogP contribution is -2.51. The number of nitriles is 1. The molecule has 1 fully saturated rings. The summed E-state index contributed by atoms with van der Waals surface area (Å²) in [5.74, 6) is 2.04. The minimum atomic E-state index is 0.0745. The van der Waals surface area contributed by atoms with Crippen molar-refractivity contribution in [1.29, 1.82) is 5.26 Å². The van der Waals surface area contributed by atoms with Gasteiger partial charge in [-0.25, -0.2) is 19.9 Å². The van der Waals surface area contributed by atoms with Crippen LogP contribution in [0.3, 0.4) is 0 Å². The van der Waals surface area contributed by atoms with E-state index in [0.29, 0.717) is 11.6 Å². The first-order chi connectivity index (χ1) is 11.6. The van der Waals surface area contributed by atoms with Crippen LogP contribution in [0, 0.1) is 11.3 Å². The molecule has 1 aliphatic heterocycles. The van der Waals surface area contributed by atoms with Gasteiger partial charge in [0.1, 0.15) is 29.9 Å². The van der Waals surface area contributed by atoms with E-state index < -0.39 is 0 Å². The Balaban J connectivity index is 1.77. The van der Waals surface area contributed by atoms with Gasteiger partial charge >= 0.3 is 0 Å². The molecule has 0 saturated carbocycles. The van der Waals surface area contributed by atoms with Crippen LogP contribution in [0.4, 0.5) is 17.5 Å². The highest BCUT2D eigenvalue weighted by Gasteiger charge is 2.31. The molecule has 124 valence electrons. The summed E-state index contributed by atoms with van der Waals surface area (Å²) >= 11 is 0. The molecule has 0 aromatic carbocycles. The summed E-state index contributed by atoms with van der Waals surface area (Å²) in [6.07, 6.45) is 6.61. The summed E-state index contributed by atoms with van der Waals surface area (Å²) in [6, 6.07) is 3.84. The zero-order valence-electron chi connectivity index (χ0n) is 13.8. The maximum absolute atomic E-state index is 8.76. The first-order valence-electron chi connectivity index (χ1n) is 7.86. The Morgan fingerprint density at radius 2 is 1.96 bits per heavy atom. The fourth-order valence-corrected chi connectivity index (χ4v) is 2.76. The second kappa shape index (κ2) is 6.76. The molecule has 1 saturated heterocycles. The predicted octanol–water partition coefficient (Wildman–Crippen LogP) is 1.46. The zero-order valence-corrected chi connectivity index (χ0v) is 13.8. The summed E-state index contributed by atoms with van der Waals surface area (Å²) in [4.78, 5) is 19.0. The third kappa shape index (κ3) is 3.41. The molecular formula is C16H20N8. The summed E-state index contributed by atoms with van der Waals surface area (Å²) in [5, 5.41) is 15.2. The maximum Gasteiger partial charge on any atom is 0.158 e. The number of hydrogen-bond acceptors (Lipinski definition) is 8. The molecule has 3 rings (SSSR count). The van der Waals surface area contributed by atoms with E-state index in [2.05, 4.69) is 49.4 Å². The minimum Gasteiger partial charge on any atom is -0.354 e. The molecule has 0 aliphatic carbocycles. The molecule has 2 N–H and O–H groups in total. The van der Waals surface area contributed by atoms with E-state index in [9.17, 15) is 0 Å². The zero-order chi connectivity index (χ0) is 17.0. The largest absolute Gasteiger partial charge is 0.354 e. The van der Waals surface area contributed by atoms with E-state index in [1.165, 1.54) is 18.7 Å². The summed E-state index contributed by atoms with van der Waals surface area (Å²) in [7, 11) is 2.07. The fraction of sp³-hybridized carbons (Fsp3) is 0.438. The SMILES string of the molecule is CN(c1cc(Nc2cnc(C#N)cn2)ncn1)C1(C)CCNCC1. The predicted molar refractivity (Wildman–Crippen MR) is 91.0 cm³/mol. The van der Waals surface area contributed by atoms with Crippen molar-refractivity contribution < 1.29 is 0 Å². The average Bonchev–Trinajstić information content (AvgIpc) is 2.62. The third-order valence-corrected chi connectivity index (χ3v) is 4.51. The van der Waals surface area contributed by atoms with Crippen LogP contribution in [0.1, 0.15) is 25.5 Å². The highest BCUT2D eigenvalue weighted by Crippen LogP contribution is 2.29. The molecule has 3 heterocycles. The molecular weight excluding hydrogens is 304 g/mol. The van der Waals surface area contributed by atoms with Gasteiger partial charge in [-0.15, -0.1) is 0 Å². The van der Waals surface area contributed by atoms with Gasteiger partial charge in [-0.05, 0) is 32.9 Å². The quantitative estimate of drug-likeness (QED) is 0.871. The van der Waals surface area contributed by atoms with Crippen LogP contribution in [-0.2, 0) is 0 Å². The van der Waals surface area contributed by atoms with Crippen molar-refractivity contribution in [1.82, 2.24) is 25.3 Å². The van der Waals surface area contributed by atoms with Gasteiger partial charge in [-0.3, -0.25) is 0 Å². The molecule has 2 aromatic heterocycles. The lowest BCUT2D eigenvalue weighted by Gasteiger charge is -2.42. The van der Waals surface area contributed by atoms with E-state index >= 15 is 0 Å². The Kier molecular flexibility index (Phi) is 4.53. The average molecular weight is 324 g/mol. The highest BCUT2D eigenvalue weighted by molar-refractivity contribution is 5.56. The van der Waals surface area contributed by atoms with Crippen LogP contribution in [0.25, 0.3) is 0 Å². The first-order valence-corrected chi connectivity index (χ1v) is 7.86. The number of aromatic nitrogens is 4. The fourth-order valence-electron chi connectivity index (χ4n) is 2.76. The van der Waals surface area contributed by atoms with Crippen LogP contribution in [0.15, 0.2) is 24.8 Å². The molecule has 8 heteroatoms. The number of nitrogens with one attached hydrogen (secondary N) is 2. The third-order valence-electron chi connectivity index (χ3n) is 4.51. The molecule has 0 amide bonds. The van der Waals surface area contributed by atoms with Crippen molar-refractivity contribution in [2.75, 3.05) is 30.4 Å². The van der Waals surface area contributed by atoms with E-state index in [-0.39, 0.29) is 11.2 Å². The molecule has 2 aromatic rings. The highest BCUT2D eigenvalue weighted by atomic mass is 15.2. The van der Waals surface area contributed by atoms with E-state index in [4.69, 9.17) is 5.26 Å². The van der Waals surface area contributed by atoms with E-state index in [1.807, 2.05) is 12.1 Å². The number of hydrogen-bond donors (Lipinski definition) is 2. The van der Waals surface area contributed by atoms with Gasteiger partial charge in [0, 0.05) is 18.7 Å². The Bertz CT molecular complexity index is 730. The van der Waals surface area contributed by atoms with E-state index in [0.717, 1.165) is 31.7 Å². The maximum atomic E-state index is 8.76. The van der Waals surface area contributed by atoms with Crippen molar-refractivity contribution in [2.24, 2.45) is 0 Å².